The van der Waals surface area contributed by atoms with E-state index in [9.17, 15) is 0 Å². The van der Waals surface area contributed by atoms with Crippen molar-refractivity contribution in [3.8, 4) is 45.0 Å². The molecule has 2 unspecified atom stereocenters. The first-order valence-electron chi connectivity index (χ1n) is 16.5. The zero-order valence-electron chi connectivity index (χ0n) is 27.1. The Labute approximate surface area is 291 Å². The second-order valence-corrected chi connectivity index (χ2v) is 13.2. The average Bonchev–Trinajstić information content (AvgIpc) is 3.59. The van der Waals surface area contributed by atoms with E-state index in [1.165, 1.54) is 32.3 Å². The Morgan fingerprint density at radius 2 is 1.24 bits per heavy atom. The van der Waals surface area contributed by atoms with Crippen molar-refractivity contribution in [1.29, 1.82) is 0 Å². The predicted molar refractivity (Wildman–Crippen MR) is 210 cm³/mol. The first-order chi connectivity index (χ1) is 24.2. The molecule has 0 amide bonds. The molecule has 7 aromatic rings. The fraction of sp³-hybridized carbons (Fsp3) is 0.0435. The Morgan fingerprint density at radius 1 is 0.592 bits per heavy atom. The standard InChI is InChI=1S/C46H34N2S/c1-4-30(33-24-25-39-36(6-3)35(5-2)37-20-13-14-21-38(37)41(39)27-33)26-34-29-49-44-23-15-22-40(45(34)44)43-28-42(31-16-9-7-10-17-31)47-46(48-43)32-18-11-8-12-19-32/h4-29,35-36H,1-3H2/b30-26+. The van der Waals surface area contributed by atoms with Gasteiger partial charge in [0.2, 0.25) is 0 Å². The van der Waals surface area contributed by atoms with Crippen LogP contribution in [0.2, 0.25) is 0 Å². The third-order valence-corrected chi connectivity index (χ3v) is 10.5. The molecular formula is C46H34N2S. The Balaban J connectivity index is 1.28. The van der Waals surface area contributed by atoms with E-state index in [2.05, 4.69) is 134 Å². The van der Waals surface area contributed by atoms with Gasteiger partial charge in [0.05, 0.1) is 11.4 Å². The Morgan fingerprint density at radius 3 is 1.98 bits per heavy atom. The van der Waals surface area contributed by atoms with Crippen molar-refractivity contribution < 1.29 is 0 Å². The topological polar surface area (TPSA) is 25.8 Å². The molecule has 1 aliphatic carbocycles. The van der Waals surface area contributed by atoms with Crippen LogP contribution < -0.4 is 0 Å². The molecule has 49 heavy (non-hydrogen) atoms. The Bertz CT molecular complexity index is 2340. The van der Waals surface area contributed by atoms with Crippen LogP contribution >= 0.6 is 11.3 Å². The van der Waals surface area contributed by atoms with Gasteiger partial charge in [-0.15, -0.1) is 24.5 Å². The summed E-state index contributed by atoms with van der Waals surface area (Å²) in [7, 11) is 0. The zero-order chi connectivity index (χ0) is 33.3. The number of hydrogen-bond acceptors (Lipinski definition) is 3. The lowest BCUT2D eigenvalue weighted by molar-refractivity contribution is 0.730. The summed E-state index contributed by atoms with van der Waals surface area (Å²) in [6.07, 6.45) is 8.34. The van der Waals surface area contributed by atoms with Crippen molar-refractivity contribution in [1.82, 2.24) is 9.97 Å². The molecular weight excluding hydrogens is 613 g/mol. The van der Waals surface area contributed by atoms with Crippen LogP contribution in [0.15, 0.2) is 171 Å². The molecule has 8 rings (SSSR count). The highest BCUT2D eigenvalue weighted by atomic mass is 32.1. The summed E-state index contributed by atoms with van der Waals surface area (Å²) < 4.78 is 1.21. The van der Waals surface area contributed by atoms with Crippen molar-refractivity contribution in [2.75, 3.05) is 0 Å². The van der Waals surface area contributed by atoms with Gasteiger partial charge < -0.3 is 0 Å². The van der Waals surface area contributed by atoms with Gasteiger partial charge in [-0.1, -0.05) is 134 Å². The van der Waals surface area contributed by atoms with E-state index in [0.717, 1.165) is 44.8 Å². The van der Waals surface area contributed by atoms with Gasteiger partial charge in [-0.3, -0.25) is 0 Å². The second-order valence-electron chi connectivity index (χ2n) is 12.3. The van der Waals surface area contributed by atoms with Gasteiger partial charge in [0.1, 0.15) is 0 Å². The summed E-state index contributed by atoms with van der Waals surface area (Å²) in [6, 6.07) is 44.6. The summed E-state index contributed by atoms with van der Waals surface area (Å²) in [6.45, 7) is 12.6. The minimum absolute atomic E-state index is 0.172. The van der Waals surface area contributed by atoms with Crippen molar-refractivity contribution in [2.24, 2.45) is 0 Å². The summed E-state index contributed by atoms with van der Waals surface area (Å²) in [4.78, 5) is 10.2. The maximum atomic E-state index is 5.16. The maximum absolute atomic E-state index is 5.16. The molecule has 234 valence electrons. The molecule has 2 aromatic heterocycles. The summed E-state index contributed by atoms with van der Waals surface area (Å²) in [5.41, 5.74) is 13.3. The van der Waals surface area contributed by atoms with E-state index >= 15 is 0 Å². The van der Waals surface area contributed by atoms with Gasteiger partial charge in [-0.25, -0.2) is 9.97 Å². The number of nitrogens with zero attached hydrogens (tertiary/aromatic N) is 2. The van der Waals surface area contributed by atoms with Crippen LogP contribution in [-0.2, 0) is 0 Å². The van der Waals surface area contributed by atoms with Gasteiger partial charge in [-0.2, -0.15) is 0 Å². The second kappa shape index (κ2) is 13.0. The number of benzene rings is 5. The Kier molecular flexibility index (Phi) is 8.04. The van der Waals surface area contributed by atoms with Gasteiger partial charge in [0.25, 0.3) is 0 Å². The summed E-state index contributed by atoms with van der Waals surface area (Å²) in [5, 5.41) is 3.41. The third kappa shape index (κ3) is 5.48. The Hall–Kier alpha value is -5.90. The lowest BCUT2D eigenvalue weighted by atomic mass is 9.71. The van der Waals surface area contributed by atoms with Gasteiger partial charge in [0, 0.05) is 38.6 Å². The number of fused-ring (bicyclic) bond motifs is 4. The van der Waals surface area contributed by atoms with E-state index in [-0.39, 0.29) is 11.8 Å². The van der Waals surface area contributed by atoms with Gasteiger partial charge in [-0.05, 0) is 68.6 Å². The molecule has 0 spiro atoms. The monoisotopic (exact) mass is 646 g/mol. The number of rotatable bonds is 8. The first kappa shape index (κ1) is 30.4. The van der Waals surface area contributed by atoms with Crippen LogP contribution in [0, 0.1) is 0 Å². The maximum Gasteiger partial charge on any atom is 0.160 e. The van der Waals surface area contributed by atoms with E-state index in [1.54, 1.807) is 11.3 Å². The molecule has 0 bridgehead atoms. The van der Waals surface area contributed by atoms with Crippen LogP contribution in [0.3, 0.4) is 0 Å². The third-order valence-electron chi connectivity index (χ3n) is 9.51. The largest absolute Gasteiger partial charge is 0.228 e. The molecule has 0 saturated carbocycles. The van der Waals surface area contributed by atoms with Crippen LogP contribution in [0.1, 0.15) is 34.1 Å². The van der Waals surface area contributed by atoms with E-state index in [4.69, 9.17) is 9.97 Å². The lowest BCUT2D eigenvalue weighted by Crippen LogP contribution is -2.14. The van der Waals surface area contributed by atoms with E-state index in [1.807, 2.05) is 42.5 Å². The minimum Gasteiger partial charge on any atom is -0.228 e. The summed E-state index contributed by atoms with van der Waals surface area (Å²) >= 11 is 1.75. The minimum atomic E-state index is 0.172. The molecule has 2 heterocycles. The summed E-state index contributed by atoms with van der Waals surface area (Å²) in [5.74, 6) is 1.08. The number of hydrogen-bond donors (Lipinski definition) is 0. The van der Waals surface area contributed by atoms with Crippen LogP contribution in [-0.4, -0.2) is 9.97 Å². The molecule has 3 heteroatoms. The predicted octanol–water partition coefficient (Wildman–Crippen LogP) is 12.6. The molecule has 5 aromatic carbocycles. The molecule has 0 saturated heterocycles. The molecule has 0 fully saturated rings. The molecule has 0 radical (unpaired) electrons. The molecule has 0 N–H and O–H groups in total. The van der Waals surface area contributed by atoms with Crippen LogP contribution in [0.5, 0.6) is 0 Å². The highest BCUT2D eigenvalue weighted by Crippen LogP contribution is 2.49. The van der Waals surface area contributed by atoms with Crippen LogP contribution in [0.4, 0.5) is 0 Å². The first-order valence-corrected chi connectivity index (χ1v) is 17.4. The molecule has 0 aliphatic heterocycles. The van der Waals surface area contributed by atoms with Crippen molar-refractivity contribution in [3.05, 3.63) is 193 Å². The molecule has 2 nitrogen and oxygen atoms in total. The number of thiophene rings is 1. The fourth-order valence-electron chi connectivity index (χ4n) is 7.15. The highest BCUT2D eigenvalue weighted by molar-refractivity contribution is 7.17. The number of aromatic nitrogens is 2. The van der Waals surface area contributed by atoms with Gasteiger partial charge >= 0.3 is 0 Å². The quantitative estimate of drug-likeness (QED) is 0.121. The highest BCUT2D eigenvalue weighted by Gasteiger charge is 2.30. The van der Waals surface area contributed by atoms with E-state index < -0.39 is 0 Å². The average molecular weight is 647 g/mol. The van der Waals surface area contributed by atoms with Crippen molar-refractivity contribution in [2.45, 2.75) is 11.8 Å². The lowest BCUT2D eigenvalue weighted by Gasteiger charge is -2.32. The van der Waals surface area contributed by atoms with Crippen LogP contribution in [0.25, 0.3) is 66.8 Å². The normalized spacial score (nSPS) is 15.3. The number of allylic oxidation sites excluding steroid dienone is 4. The van der Waals surface area contributed by atoms with E-state index in [0.29, 0.717) is 5.82 Å². The van der Waals surface area contributed by atoms with Gasteiger partial charge in [0.15, 0.2) is 5.82 Å². The SMILES string of the molecule is C=C/C(=C\c1csc2cccc(-c3cc(-c4ccccc4)nc(-c4ccccc4)n3)c12)c1ccc2c(c1)-c1ccccc1C(C=C)C2C=C. The smallest absolute Gasteiger partial charge is 0.160 e. The molecule has 1 aliphatic rings. The van der Waals surface area contributed by atoms with Crippen molar-refractivity contribution in [3.63, 3.8) is 0 Å². The fourth-order valence-corrected chi connectivity index (χ4v) is 8.09. The van der Waals surface area contributed by atoms with Crippen molar-refractivity contribution >= 4 is 33.1 Å². The zero-order valence-corrected chi connectivity index (χ0v) is 27.9. The molecule has 2 atom stereocenters.